The summed E-state index contributed by atoms with van der Waals surface area (Å²) in [6, 6.07) is 10.1. The Labute approximate surface area is 145 Å². The zero-order chi connectivity index (χ0) is 17.5. The third-order valence-corrected chi connectivity index (χ3v) is 5.80. The Morgan fingerprint density at radius 3 is 2.42 bits per heavy atom. The Balaban J connectivity index is 2.08. The molecule has 4 atom stereocenters. The van der Waals surface area contributed by atoms with E-state index < -0.39 is 11.0 Å². The molecule has 0 spiro atoms. The van der Waals surface area contributed by atoms with E-state index in [-0.39, 0.29) is 11.9 Å². The molecule has 1 fully saturated rings. The summed E-state index contributed by atoms with van der Waals surface area (Å²) >= 11 is 0. The summed E-state index contributed by atoms with van der Waals surface area (Å²) in [5.41, 5.74) is 1.33. The lowest BCUT2D eigenvalue weighted by Gasteiger charge is -2.50. The number of hydrogen-bond donors (Lipinski definition) is 0. The largest absolute Gasteiger partial charge is 0.459 e. The monoisotopic (exact) mass is 324 g/mol. The van der Waals surface area contributed by atoms with Crippen LogP contribution in [0.1, 0.15) is 46.6 Å². The van der Waals surface area contributed by atoms with Crippen molar-refractivity contribution in [3.05, 3.63) is 59.7 Å². The standard InChI is InChI=1S/C22H28O2/c1-15-11-12-18(16(2)13-15)19-14-21(3,4)24-20(23)22(19,5)17-9-7-6-8-10-17/h6-13,16,18-19H,14H2,1-5H3. The second kappa shape index (κ2) is 5.91. The Bertz CT molecular complexity index is 683. The van der Waals surface area contributed by atoms with Crippen molar-refractivity contribution < 1.29 is 9.53 Å². The molecule has 1 heterocycles. The van der Waals surface area contributed by atoms with Gasteiger partial charge in [-0.3, -0.25) is 4.79 Å². The molecule has 1 aromatic carbocycles. The van der Waals surface area contributed by atoms with Crippen molar-refractivity contribution in [1.29, 1.82) is 0 Å². The number of ether oxygens (including phenoxy) is 1. The van der Waals surface area contributed by atoms with Crippen molar-refractivity contribution in [3.63, 3.8) is 0 Å². The minimum absolute atomic E-state index is 0.0955. The average molecular weight is 324 g/mol. The molecule has 2 heteroatoms. The van der Waals surface area contributed by atoms with Crippen LogP contribution >= 0.6 is 0 Å². The van der Waals surface area contributed by atoms with Gasteiger partial charge in [-0.2, -0.15) is 0 Å². The lowest BCUT2D eigenvalue weighted by Crippen LogP contribution is -2.55. The van der Waals surface area contributed by atoms with Crippen molar-refractivity contribution in [2.75, 3.05) is 0 Å². The van der Waals surface area contributed by atoms with Gasteiger partial charge in [0.05, 0.1) is 5.41 Å². The van der Waals surface area contributed by atoms with Crippen molar-refractivity contribution >= 4 is 5.97 Å². The molecule has 0 N–H and O–H groups in total. The average Bonchev–Trinajstić information content (AvgIpc) is 2.52. The molecule has 0 aromatic heterocycles. The first-order chi connectivity index (χ1) is 11.2. The van der Waals surface area contributed by atoms with E-state index in [1.54, 1.807) is 0 Å². The van der Waals surface area contributed by atoms with Crippen LogP contribution < -0.4 is 0 Å². The van der Waals surface area contributed by atoms with Crippen LogP contribution in [0.15, 0.2) is 54.1 Å². The first-order valence-electron chi connectivity index (χ1n) is 8.89. The van der Waals surface area contributed by atoms with Crippen LogP contribution in [0.2, 0.25) is 0 Å². The number of allylic oxidation sites excluding steroid dienone is 4. The molecule has 0 amide bonds. The van der Waals surface area contributed by atoms with E-state index >= 15 is 0 Å². The van der Waals surface area contributed by atoms with Crippen molar-refractivity contribution in [1.82, 2.24) is 0 Å². The van der Waals surface area contributed by atoms with Gasteiger partial charge in [-0.25, -0.2) is 0 Å². The molecule has 1 aromatic rings. The third-order valence-electron chi connectivity index (χ3n) is 5.80. The summed E-state index contributed by atoms with van der Waals surface area (Å²) in [6.07, 6.45) is 7.70. The molecule has 24 heavy (non-hydrogen) atoms. The molecule has 1 aliphatic heterocycles. The molecular formula is C22H28O2. The number of hydrogen-bond acceptors (Lipinski definition) is 2. The van der Waals surface area contributed by atoms with Crippen LogP contribution in [0.25, 0.3) is 0 Å². The smallest absolute Gasteiger partial charge is 0.317 e. The maximum absolute atomic E-state index is 13.1. The van der Waals surface area contributed by atoms with E-state index in [1.165, 1.54) is 5.57 Å². The minimum atomic E-state index is -0.612. The number of benzene rings is 1. The number of esters is 1. The molecular weight excluding hydrogens is 296 g/mol. The Morgan fingerprint density at radius 2 is 1.79 bits per heavy atom. The summed E-state index contributed by atoms with van der Waals surface area (Å²) in [7, 11) is 0. The van der Waals surface area contributed by atoms with E-state index in [9.17, 15) is 4.79 Å². The van der Waals surface area contributed by atoms with E-state index in [0.29, 0.717) is 11.8 Å². The van der Waals surface area contributed by atoms with Crippen LogP contribution in [-0.2, 0) is 14.9 Å². The molecule has 0 radical (unpaired) electrons. The molecule has 0 bridgehead atoms. The van der Waals surface area contributed by atoms with Crippen LogP contribution in [0, 0.1) is 17.8 Å². The fourth-order valence-electron chi connectivity index (χ4n) is 4.44. The van der Waals surface area contributed by atoms with Gasteiger partial charge >= 0.3 is 5.97 Å². The predicted molar refractivity (Wildman–Crippen MR) is 97.6 cm³/mol. The molecule has 128 valence electrons. The molecule has 4 unspecified atom stereocenters. The van der Waals surface area contributed by atoms with Gasteiger partial charge in [0.2, 0.25) is 0 Å². The van der Waals surface area contributed by atoms with Gasteiger partial charge in [-0.05, 0) is 57.4 Å². The quantitative estimate of drug-likeness (QED) is 0.711. The Morgan fingerprint density at radius 1 is 1.12 bits per heavy atom. The fourth-order valence-corrected chi connectivity index (χ4v) is 4.44. The van der Waals surface area contributed by atoms with Gasteiger partial charge in [0.15, 0.2) is 0 Å². The van der Waals surface area contributed by atoms with Gasteiger partial charge in [0, 0.05) is 0 Å². The van der Waals surface area contributed by atoms with Gasteiger partial charge in [-0.1, -0.05) is 61.1 Å². The zero-order valence-corrected chi connectivity index (χ0v) is 15.4. The van der Waals surface area contributed by atoms with Crippen molar-refractivity contribution in [2.45, 2.75) is 52.1 Å². The predicted octanol–water partition coefficient (Wildman–Crippen LogP) is 5.05. The Hall–Kier alpha value is -1.83. The zero-order valence-electron chi connectivity index (χ0n) is 15.4. The number of rotatable bonds is 2. The molecule has 3 rings (SSSR count). The summed E-state index contributed by atoms with van der Waals surface area (Å²) in [6.45, 7) is 10.5. The maximum atomic E-state index is 13.1. The second-order valence-corrected chi connectivity index (χ2v) is 8.23. The van der Waals surface area contributed by atoms with Crippen LogP contribution in [-0.4, -0.2) is 11.6 Å². The normalized spacial score (nSPS) is 35.3. The van der Waals surface area contributed by atoms with Gasteiger partial charge in [-0.15, -0.1) is 0 Å². The lowest BCUT2D eigenvalue weighted by molar-refractivity contribution is -0.181. The van der Waals surface area contributed by atoms with Gasteiger partial charge in [0.1, 0.15) is 5.60 Å². The summed E-state index contributed by atoms with van der Waals surface area (Å²) < 4.78 is 5.84. The summed E-state index contributed by atoms with van der Waals surface area (Å²) in [5, 5.41) is 0. The van der Waals surface area contributed by atoms with E-state index in [0.717, 1.165) is 12.0 Å². The first-order valence-corrected chi connectivity index (χ1v) is 8.89. The number of carbonyl (C=O) groups excluding carboxylic acids is 1. The van der Waals surface area contributed by atoms with Crippen molar-refractivity contribution in [3.8, 4) is 0 Å². The summed E-state index contributed by atoms with van der Waals surface area (Å²) in [5.74, 6) is 0.879. The van der Waals surface area contributed by atoms with Crippen LogP contribution in [0.5, 0.6) is 0 Å². The lowest BCUT2D eigenvalue weighted by atomic mass is 9.59. The molecule has 2 nitrogen and oxygen atoms in total. The number of cyclic esters (lactones) is 1. The van der Waals surface area contributed by atoms with Crippen LogP contribution in [0.3, 0.4) is 0 Å². The van der Waals surface area contributed by atoms with E-state index in [4.69, 9.17) is 4.74 Å². The number of carbonyl (C=O) groups is 1. The van der Waals surface area contributed by atoms with Gasteiger partial charge < -0.3 is 4.74 Å². The van der Waals surface area contributed by atoms with E-state index in [1.807, 2.05) is 32.0 Å². The van der Waals surface area contributed by atoms with Crippen molar-refractivity contribution in [2.24, 2.45) is 17.8 Å². The molecule has 0 saturated carbocycles. The first kappa shape index (κ1) is 17.0. The summed E-state index contributed by atoms with van der Waals surface area (Å²) in [4.78, 5) is 13.1. The van der Waals surface area contributed by atoms with Crippen LogP contribution in [0.4, 0.5) is 0 Å². The minimum Gasteiger partial charge on any atom is -0.459 e. The Kier molecular flexibility index (Phi) is 4.19. The highest BCUT2D eigenvalue weighted by atomic mass is 16.6. The molecule has 2 aliphatic rings. The topological polar surface area (TPSA) is 26.3 Å². The third kappa shape index (κ3) is 2.83. The highest BCUT2D eigenvalue weighted by Gasteiger charge is 2.54. The maximum Gasteiger partial charge on any atom is 0.317 e. The SMILES string of the molecule is CC1=CC(C)C(C2CC(C)(C)OC(=O)C2(C)c2ccccc2)C=C1. The molecule has 1 aliphatic carbocycles. The van der Waals surface area contributed by atoms with Gasteiger partial charge in [0.25, 0.3) is 0 Å². The highest BCUT2D eigenvalue weighted by molar-refractivity contribution is 5.84. The highest BCUT2D eigenvalue weighted by Crippen LogP contribution is 2.50. The fraction of sp³-hybridized carbons (Fsp3) is 0.500. The van der Waals surface area contributed by atoms with E-state index in [2.05, 4.69) is 51.1 Å². The molecule has 1 saturated heterocycles. The second-order valence-electron chi connectivity index (χ2n) is 8.23.